The number of benzene rings is 2. The molecule has 0 radical (unpaired) electrons. The quantitative estimate of drug-likeness (QED) is 0.272. The van der Waals surface area contributed by atoms with Crippen LogP contribution in [0.15, 0.2) is 48.8 Å². The molecule has 1 atom stereocenters. The average molecular weight is 821 g/mol. The normalized spacial score (nSPS) is 26.9. The number of ether oxygens (including phenoxy) is 1. The number of amides is 5. The number of hydrogen-bond acceptors (Lipinski definition) is 10. The number of rotatable bonds is 9. The fourth-order valence-corrected chi connectivity index (χ4v) is 10.4. The van der Waals surface area contributed by atoms with E-state index in [0.29, 0.717) is 45.0 Å². The van der Waals surface area contributed by atoms with E-state index in [9.17, 15) is 24.0 Å². The standard InChI is InChI=1S/C44H49ClN8O6/c45-37-20-34(9-3-28(37)21-46)59-33-10-4-30(5-11-33)48-40(55)29-22-47-52(24-29)31-6-1-27(2-7-31)23-50-17-15-44(16-18-50)25-51(26-44)32-8-12-35-36(19-32)43(58)53(42(35)57)38-13-14-39(54)49-41(38)56/h3,8-9,12,19-20,22,24,27,30-31,33,38H,1-2,4-7,10-11,13-18,23,25-26H2,(H,48,55)(H,49,54,56)/t27-,30-,31-,33-,38?. The van der Waals surface area contributed by atoms with E-state index in [1.165, 1.54) is 0 Å². The number of hydrogen-bond donors (Lipinski definition) is 2. The van der Waals surface area contributed by atoms with Gasteiger partial charge in [0.25, 0.3) is 17.7 Å². The van der Waals surface area contributed by atoms with Crippen molar-refractivity contribution in [3.63, 3.8) is 0 Å². The highest BCUT2D eigenvalue weighted by atomic mass is 35.5. The molecule has 2 aromatic carbocycles. The lowest BCUT2D eigenvalue weighted by atomic mass is 9.71. The van der Waals surface area contributed by atoms with Crippen molar-refractivity contribution in [2.75, 3.05) is 37.6 Å². The van der Waals surface area contributed by atoms with Crippen LogP contribution in [0.1, 0.15) is 120 Å². The van der Waals surface area contributed by atoms with Gasteiger partial charge in [0.15, 0.2) is 0 Å². The van der Waals surface area contributed by atoms with Crippen LogP contribution in [0.2, 0.25) is 5.02 Å². The Hall–Kier alpha value is -5.26. The zero-order valence-corrected chi connectivity index (χ0v) is 33.8. The summed E-state index contributed by atoms with van der Waals surface area (Å²) in [6.07, 6.45) is 13.8. The molecule has 15 heteroatoms. The Morgan fingerprint density at radius 1 is 0.932 bits per heavy atom. The average Bonchev–Trinajstić information content (AvgIpc) is 3.81. The first-order valence-electron chi connectivity index (χ1n) is 21.1. The molecule has 6 aliphatic rings. The maximum absolute atomic E-state index is 13.3. The summed E-state index contributed by atoms with van der Waals surface area (Å²) in [4.78, 5) is 69.6. The van der Waals surface area contributed by atoms with Gasteiger partial charge in [-0.3, -0.25) is 38.9 Å². The van der Waals surface area contributed by atoms with Gasteiger partial charge in [0.05, 0.1) is 45.6 Å². The molecule has 5 heterocycles. The number of fused-ring (bicyclic) bond motifs is 1. The minimum absolute atomic E-state index is 0.0442. The van der Waals surface area contributed by atoms with E-state index in [-0.39, 0.29) is 42.2 Å². The minimum atomic E-state index is -0.963. The van der Waals surface area contributed by atoms with Gasteiger partial charge in [-0.15, -0.1) is 0 Å². The van der Waals surface area contributed by atoms with Crippen LogP contribution in [0, 0.1) is 22.7 Å². The lowest BCUT2D eigenvalue weighted by molar-refractivity contribution is -0.136. The second kappa shape index (κ2) is 16.1. The van der Waals surface area contributed by atoms with E-state index < -0.39 is 23.8 Å². The van der Waals surface area contributed by atoms with Crippen molar-refractivity contribution in [3.05, 3.63) is 76.1 Å². The number of anilines is 1. The van der Waals surface area contributed by atoms with E-state index in [1.54, 1.807) is 36.5 Å². The molecule has 1 unspecified atom stereocenters. The molecule has 4 aliphatic heterocycles. The SMILES string of the molecule is N#Cc1ccc(O[C@H]2CC[C@H](NC(=O)c3cnn([C@H]4CC[C@H](CN5CCC6(CC5)CN(c5ccc7c(c5)C(=O)N(C5CCC(=O)NC5=O)C7=O)C6)CC4)c3)CC2)cc1Cl. The summed E-state index contributed by atoms with van der Waals surface area (Å²) >= 11 is 6.16. The molecule has 2 saturated carbocycles. The zero-order valence-electron chi connectivity index (χ0n) is 33.0. The topological polar surface area (TPSA) is 170 Å². The van der Waals surface area contributed by atoms with Crippen molar-refractivity contribution in [2.45, 2.75) is 101 Å². The predicted octanol–water partition coefficient (Wildman–Crippen LogP) is 5.26. The van der Waals surface area contributed by atoms with Crippen molar-refractivity contribution in [3.8, 4) is 11.8 Å². The molecule has 1 spiro atoms. The van der Waals surface area contributed by atoms with Gasteiger partial charge in [-0.1, -0.05) is 11.6 Å². The molecule has 2 N–H and O–H groups in total. The van der Waals surface area contributed by atoms with E-state index in [2.05, 4.69) is 31.6 Å². The molecular formula is C44H49ClN8O6. The monoisotopic (exact) mass is 820 g/mol. The summed E-state index contributed by atoms with van der Waals surface area (Å²) in [5.41, 5.74) is 2.84. The van der Waals surface area contributed by atoms with Crippen LogP contribution in [0.25, 0.3) is 0 Å². The summed E-state index contributed by atoms with van der Waals surface area (Å²) in [6.45, 7) is 5.09. The highest BCUT2D eigenvalue weighted by molar-refractivity contribution is 6.31. The Morgan fingerprint density at radius 3 is 2.39 bits per heavy atom. The Labute approximate surface area is 348 Å². The van der Waals surface area contributed by atoms with Gasteiger partial charge >= 0.3 is 0 Å². The van der Waals surface area contributed by atoms with Gasteiger partial charge in [-0.2, -0.15) is 10.4 Å². The van der Waals surface area contributed by atoms with Crippen LogP contribution >= 0.6 is 11.6 Å². The van der Waals surface area contributed by atoms with Gasteiger partial charge in [0.2, 0.25) is 11.8 Å². The van der Waals surface area contributed by atoms with Crippen LogP contribution < -0.4 is 20.3 Å². The number of nitrogens with one attached hydrogen (secondary N) is 2. The highest BCUT2D eigenvalue weighted by Gasteiger charge is 2.47. The van der Waals surface area contributed by atoms with Crippen molar-refractivity contribution in [2.24, 2.45) is 11.3 Å². The maximum atomic E-state index is 13.3. The first kappa shape index (κ1) is 39.2. The summed E-state index contributed by atoms with van der Waals surface area (Å²) < 4.78 is 8.10. The molecule has 3 aromatic rings. The van der Waals surface area contributed by atoms with Gasteiger partial charge in [0, 0.05) is 55.5 Å². The third kappa shape index (κ3) is 7.94. The molecular weight excluding hydrogens is 772 g/mol. The molecule has 3 saturated heterocycles. The van der Waals surface area contributed by atoms with E-state index in [1.807, 2.05) is 16.9 Å². The van der Waals surface area contributed by atoms with Gasteiger partial charge in [-0.05, 0) is 120 Å². The third-order valence-corrected chi connectivity index (χ3v) is 14.0. The van der Waals surface area contributed by atoms with E-state index in [0.717, 1.165) is 108 Å². The number of halogens is 1. The molecule has 59 heavy (non-hydrogen) atoms. The molecule has 5 amide bonds. The Morgan fingerprint density at radius 2 is 1.68 bits per heavy atom. The van der Waals surface area contributed by atoms with Crippen LogP contribution in [-0.2, 0) is 9.59 Å². The molecule has 9 rings (SSSR count). The summed E-state index contributed by atoms with van der Waals surface area (Å²) in [5.74, 6) is -0.706. The summed E-state index contributed by atoms with van der Waals surface area (Å²) in [7, 11) is 0. The van der Waals surface area contributed by atoms with Gasteiger partial charge in [0.1, 0.15) is 17.9 Å². The molecule has 308 valence electrons. The lowest BCUT2D eigenvalue weighted by Crippen LogP contribution is -2.60. The van der Waals surface area contributed by atoms with E-state index >= 15 is 0 Å². The van der Waals surface area contributed by atoms with Gasteiger partial charge in [-0.25, -0.2) is 0 Å². The van der Waals surface area contributed by atoms with Crippen LogP contribution in [0.5, 0.6) is 5.75 Å². The molecule has 2 aliphatic carbocycles. The second-order valence-electron chi connectivity index (χ2n) is 17.5. The smallest absolute Gasteiger partial charge is 0.262 e. The Kier molecular flexibility index (Phi) is 10.7. The number of aromatic nitrogens is 2. The zero-order chi connectivity index (χ0) is 40.8. The summed E-state index contributed by atoms with van der Waals surface area (Å²) in [5, 5.41) is 19.6. The highest BCUT2D eigenvalue weighted by Crippen LogP contribution is 2.44. The van der Waals surface area contributed by atoms with E-state index in [4.69, 9.17) is 21.6 Å². The molecule has 1 aromatic heterocycles. The van der Waals surface area contributed by atoms with Crippen molar-refractivity contribution >= 4 is 46.8 Å². The maximum Gasteiger partial charge on any atom is 0.262 e. The lowest BCUT2D eigenvalue weighted by Gasteiger charge is -2.55. The van der Waals surface area contributed by atoms with Crippen molar-refractivity contribution in [1.29, 1.82) is 5.26 Å². The Balaban J connectivity index is 0.687. The number of carbonyl (C=O) groups excluding carboxylic acids is 5. The number of nitriles is 1. The number of carbonyl (C=O) groups is 5. The second-order valence-corrected chi connectivity index (χ2v) is 17.9. The largest absolute Gasteiger partial charge is 0.490 e. The number of imide groups is 2. The van der Waals surface area contributed by atoms with Crippen LogP contribution in [0.4, 0.5) is 5.69 Å². The van der Waals surface area contributed by atoms with Crippen molar-refractivity contribution < 1.29 is 28.7 Å². The minimum Gasteiger partial charge on any atom is -0.490 e. The molecule has 14 nitrogen and oxygen atoms in total. The first-order chi connectivity index (χ1) is 28.5. The van der Waals surface area contributed by atoms with Gasteiger partial charge < -0.3 is 19.9 Å². The number of nitrogens with zero attached hydrogens (tertiary/aromatic N) is 6. The fourth-order valence-electron chi connectivity index (χ4n) is 10.2. The summed E-state index contributed by atoms with van der Waals surface area (Å²) in [6, 6.07) is 12.0. The molecule has 5 fully saturated rings. The van der Waals surface area contributed by atoms with Crippen LogP contribution in [0.3, 0.4) is 0 Å². The molecule has 0 bridgehead atoms. The third-order valence-electron chi connectivity index (χ3n) is 13.7. The van der Waals surface area contributed by atoms with Crippen LogP contribution in [-0.4, -0.2) is 100 Å². The Bertz CT molecular complexity index is 2200. The predicted molar refractivity (Wildman–Crippen MR) is 217 cm³/mol. The van der Waals surface area contributed by atoms with Crippen molar-refractivity contribution in [1.82, 2.24) is 30.2 Å². The number of piperidine rings is 2. The fraction of sp³-hybridized carbons (Fsp3) is 0.523. The number of likely N-dealkylation sites (tertiary alicyclic amines) is 1. The first-order valence-corrected chi connectivity index (χ1v) is 21.5.